The molecule has 3 N–H and O–H groups in total. The van der Waals surface area contributed by atoms with E-state index >= 15 is 0 Å². The Labute approximate surface area is 319 Å². The predicted molar refractivity (Wildman–Crippen MR) is 200 cm³/mol. The van der Waals surface area contributed by atoms with E-state index in [0.717, 1.165) is 5.56 Å². The number of fused-ring (bicyclic) bond motifs is 4. The smallest absolute Gasteiger partial charge is 0.311 e. The molecule has 1 aromatic carbocycles. The lowest BCUT2D eigenvalue weighted by Gasteiger charge is -2.46. The highest BCUT2D eigenvalue weighted by molar-refractivity contribution is 5.87. The molecule has 0 saturated carbocycles. The quantitative estimate of drug-likeness (QED) is 0.255. The summed E-state index contributed by atoms with van der Waals surface area (Å²) < 4.78 is 38.5. The van der Waals surface area contributed by atoms with Gasteiger partial charge in [-0.25, -0.2) is 4.99 Å². The number of oxime groups is 1. The third-order valence-corrected chi connectivity index (χ3v) is 11.4. The van der Waals surface area contributed by atoms with E-state index in [-0.39, 0.29) is 50.0 Å². The zero-order valence-electron chi connectivity index (χ0n) is 33.0. The molecule has 0 amide bonds. The normalized spacial score (nSPS) is 40.2. The van der Waals surface area contributed by atoms with Crippen molar-refractivity contribution >= 4 is 23.5 Å². The number of Topliss-reactive ketones (excluding diaryl/α,β-unsaturated/α-hetero) is 1. The van der Waals surface area contributed by atoms with E-state index in [2.05, 4.69) is 22.2 Å². The molecule has 0 radical (unpaired) electrons. The number of rotatable bonds is 5. The zero-order valence-corrected chi connectivity index (χ0v) is 33.0. The molecule has 3 saturated heterocycles. The molecule has 14 nitrogen and oxygen atoms in total. The Morgan fingerprint density at radius 2 is 1.80 bits per heavy atom. The second-order valence-corrected chi connectivity index (χ2v) is 15.8. The topological polar surface area (TPSA) is 173 Å². The van der Waals surface area contributed by atoms with E-state index < -0.39 is 71.7 Å². The molecular formula is C40H58N4O10. The molecule has 1 aromatic rings. The van der Waals surface area contributed by atoms with Crippen molar-refractivity contribution in [2.24, 2.45) is 33.6 Å². The van der Waals surface area contributed by atoms with Crippen molar-refractivity contribution in [2.75, 3.05) is 27.3 Å². The van der Waals surface area contributed by atoms with Gasteiger partial charge in [0, 0.05) is 29.9 Å². The van der Waals surface area contributed by atoms with Crippen LogP contribution in [0.1, 0.15) is 79.7 Å². The monoisotopic (exact) mass is 754 g/mol. The number of hydrogen-bond acceptors (Lipinski definition) is 14. The van der Waals surface area contributed by atoms with Crippen LogP contribution in [0.2, 0.25) is 0 Å². The Balaban J connectivity index is 1.57. The summed E-state index contributed by atoms with van der Waals surface area (Å²) in [6, 6.07) is 8.34. The summed E-state index contributed by atoms with van der Waals surface area (Å²) >= 11 is 0. The fraction of sp³-hybridized carbons (Fsp3) is 0.700. The number of likely N-dealkylation sites (N-methyl/N-ethyl adjacent to an activating group) is 1. The highest BCUT2D eigenvalue weighted by Crippen LogP contribution is 2.41. The van der Waals surface area contributed by atoms with Gasteiger partial charge in [-0.05, 0) is 79.1 Å². The van der Waals surface area contributed by atoms with Crippen molar-refractivity contribution in [3.05, 3.63) is 35.9 Å². The Morgan fingerprint density at radius 1 is 1.07 bits per heavy atom. The first-order chi connectivity index (χ1) is 25.6. The van der Waals surface area contributed by atoms with Gasteiger partial charge in [0.25, 0.3) is 6.02 Å². The van der Waals surface area contributed by atoms with Gasteiger partial charge >= 0.3 is 5.97 Å². The van der Waals surface area contributed by atoms with E-state index in [1.165, 1.54) is 0 Å². The van der Waals surface area contributed by atoms with Crippen molar-refractivity contribution in [3.63, 3.8) is 0 Å². The number of hydrogen-bond donors (Lipinski definition) is 2. The number of ketones is 1. The first-order valence-corrected chi connectivity index (χ1v) is 19.0. The second-order valence-electron chi connectivity index (χ2n) is 15.8. The number of carbonyl (C=O) groups is 2. The number of nitrogens with two attached hydrogens (primary N) is 1. The van der Waals surface area contributed by atoms with E-state index in [1.54, 1.807) is 20.8 Å². The molecule has 4 heterocycles. The number of carbonyl (C=O) groups excluding carboxylic acids is 2. The molecule has 54 heavy (non-hydrogen) atoms. The fourth-order valence-corrected chi connectivity index (χ4v) is 8.17. The standard InChI is InChI=1S/C40H58N4O10/c1-10-31-40(7)35(42-38(41)54-40)26(5)33(45)23(2)20-39(6)32(53-37-34(46)29(44(8)9)18-24(3)51-37)19-30(25(4)36(47)52-31)48-21-28(22-49-39)43-50-17-16-27-14-12-11-13-15-27/h11-15,23-26,29-32,34-35,37,46H,10,18-22H2,1-9H3,(H2,41,42)/b43-28+/t23-,24-,25-,26+,29+,30-,31-,32-,34-,35?,37?,39+,40?/m1/s1. The van der Waals surface area contributed by atoms with Crippen LogP contribution in [0.5, 0.6) is 0 Å². The maximum absolute atomic E-state index is 14.4. The Bertz CT molecular complexity index is 1600. The minimum Gasteiger partial charge on any atom is -0.458 e. The van der Waals surface area contributed by atoms with Crippen LogP contribution in [0, 0.1) is 29.8 Å². The highest BCUT2D eigenvalue weighted by Gasteiger charge is 2.55. The van der Waals surface area contributed by atoms with E-state index in [1.807, 2.05) is 77.0 Å². The number of aliphatic imine (C=N–C) groups is 1. The molecule has 4 aliphatic heterocycles. The van der Waals surface area contributed by atoms with Crippen molar-refractivity contribution in [2.45, 2.75) is 134 Å². The molecule has 14 heteroatoms. The summed E-state index contributed by atoms with van der Waals surface area (Å²) in [5.74, 6) is 0.224. The van der Waals surface area contributed by atoms with Crippen molar-refractivity contribution in [3.8, 4) is 12.0 Å². The molecular weight excluding hydrogens is 696 g/mol. The maximum atomic E-state index is 14.4. The summed E-state index contributed by atoms with van der Waals surface area (Å²) in [7, 11) is 3.81. The number of aliphatic hydroxyl groups is 1. The Kier molecular flexibility index (Phi) is 13.5. The van der Waals surface area contributed by atoms with Crippen LogP contribution in [-0.4, -0.2) is 121 Å². The van der Waals surface area contributed by atoms with Gasteiger partial charge in [-0.15, -0.1) is 0 Å². The third kappa shape index (κ3) is 9.26. The predicted octanol–water partition coefficient (Wildman–Crippen LogP) is 3.42. The zero-order chi connectivity index (χ0) is 39.4. The molecule has 0 aromatic heterocycles. The fourth-order valence-electron chi connectivity index (χ4n) is 8.17. The molecule has 13 atom stereocenters. The number of amidine groups is 1. The summed E-state index contributed by atoms with van der Waals surface area (Å²) in [5, 5.41) is 15.8. The van der Waals surface area contributed by atoms with Gasteiger partial charge in [0.15, 0.2) is 18.0 Å². The minimum absolute atomic E-state index is 0.0577. The average molecular weight is 755 g/mol. The molecule has 5 rings (SSSR count). The van der Waals surface area contributed by atoms with Gasteiger partial charge < -0.3 is 49.0 Å². The van der Waals surface area contributed by atoms with E-state index in [4.69, 9.17) is 39.0 Å². The molecule has 3 fully saturated rings. The van der Waals surface area contributed by atoms with Gasteiger partial charge in [-0.1, -0.05) is 44.1 Å². The van der Waals surface area contributed by atoms with E-state index in [0.29, 0.717) is 18.6 Å². The number of ether oxygens (including phenoxy) is 6. The highest BCUT2D eigenvalue weighted by atomic mass is 16.7. The molecule has 0 aliphatic carbocycles. The van der Waals surface area contributed by atoms with Crippen molar-refractivity contribution < 1.29 is 48.0 Å². The first-order valence-electron chi connectivity index (χ1n) is 19.0. The van der Waals surface area contributed by atoms with Crippen LogP contribution in [-0.2, 0) is 42.8 Å². The molecule has 4 aliphatic rings. The van der Waals surface area contributed by atoms with Gasteiger partial charge in [0.05, 0.1) is 43.0 Å². The lowest BCUT2D eigenvalue weighted by atomic mass is 9.75. The van der Waals surface area contributed by atoms with Gasteiger partial charge in [-0.2, -0.15) is 0 Å². The number of nitrogens with zero attached hydrogens (tertiary/aromatic N) is 3. The van der Waals surface area contributed by atoms with Crippen LogP contribution in [0.3, 0.4) is 0 Å². The van der Waals surface area contributed by atoms with Crippen LogP contribution in [0.4, 0.5) is 0 Å². The SMILES string of the molecule is CC[C@H]1OC(=O)[C@H](C)[C@H]2C[C@@H](OC3O[C@H](C)C[C@H](N(C)C)[C@H]3O)[C@](C)(C[C@@H](C)C(=O)[C@H](C)C3N=C(N)OC31C)OC/C(=N/OC#Cc1ccccc1)CO2. The number of aliphatic hydroxyl groups excluding tert-OH is 1. The summed E-state index contributed by atoms with van der Waals surface area (Å²) in [6.07, 6.45) is -0.754. The van der Waals surface area contributed by atoms with Crippen LogP contribution in [0.25, 0.3) is 0 Å². The van der Waals surface area contributed by atoms with Crippen molar-refractivity contribution in [1.29, 1.82) is 0 Å². The van der Waals surface area contributed by atoms with Gasteiger partial charge in [-0.3, -0.25) is 9.59 Å². The molecule has 3 unspecified atom stereocenters. The van der Waals surface area contributed by atoms with Crippen LogP contribution in [0.15, 0.2) is 40.5 Å². The second kappa shape index (κ2) is 17.5. The maximum Gasteiger partial charge on any atom is 0.311 e. The summed E-state index contributed by atoms with van der Waals surface area (Å²) in [4.78, 5) is 40.5. The number of esters is 1. The Morgan fingerprint density at radius 3 is 2.48 bits per heavy atom. The summed E-state index contributed by atoms with van der Waals surface area (Å²) in [5.41, 5.74) is 4.86. The van der Waals surface area contributed by atoms with Gasteiger partial charge in [0.1, 0.15) is 29.7 Å². The lowest BCUT2D eigenvalue weighted by Crippen LogP contribution is -2.58. The Hall–Kier alpha value is -3.58. The van der Waals surface area contributed by atoms with Crippen LogP contribution < -0.4 is 5.73 Å². The van der Waals surface area contributed by atoms with Crippen LogP contribution >= 0.6 is 0 Å². The van der Waals surface area contributed by atoms with Gasteiger partial charge in [0.2, 0.25) is 0 Å². The molecule has 0 spiro atoms. The number of benzene rings is 1. The van der Waals surface area contributed by atoms with E-state index in [9.17, 15) is 14.7 Å². The lowest BCUT2D eigenvalue weighted by molar-refractivity contribution is -0.294. The molecule has 2 bridgehead atoms. The average Bonchev–Trinajstić information content (AvgIpc) is 3.48. The largest absolute Gasteiger partial charge is 0.458 e. The number of cyclic esters (lactones) is 1. The summed E-state index contributed by atoms with van der Waals surface area (Å²) in [6.45, 7) is 12.7. The first kappa shape index (κ1) is 41.6. The third-order valence-electron chi connectivity index (χ3n) is 11.4. The minimum atomic E-state index is -1.20. The van der Waals surface area contributed by atoms with Crippen molar-refractivity contribution in [1.82, 2.24) is 4.90 Å². The molecule has 298 valence electrons.